The quantitative estimate of drug-likeness (QED) is 0.815. The van der Waals surface area contributed by atoms with Crippen molar-refractivity contribution >= 4 is 0 Å². The van der Waals surface area contributed by atoms with Gasteiger partial charge in [0.05, 0.1) is 0 Å². The van der Waals surface area contributed by atoms with Gasteiger partial charge in [0, 0.05) is 0 Å². The number of benzene rings is 1. The third-order valence-corrected chi connectivity index (χ3v) is 3.79. The summed E-state index contributed by atoms with van der Waals surface area (Å²) in [6.07, 6.45) is 1.37. The molecule has 2 unspecified atom stereocenters. The van der Waals surface area contributed by atoms with E-state index in [1.54, 1.807) is 5.56 Å². The molecular weight excluding hydrogens is 206 g/mol. The van der Waals surface area contributed by atoms with Gasteiger partial charge in [-0.05, 0) is 67.8 Å². The molecule has 1 fully saturated rings. The summed E-state index contributed by atoms with van der Waals surface area (Å²) < 4.78 is 0. The molecule has 0 radical (unpaired) electrons. The first kappa shape index (κ1) is 12.6. The van der Waals surface area contributed by atoms with Gasteiger partial charge in [-0.3, -0.25) is 0 Å². The van der Waals surface area contributed by atoms with Crippen LogP contribution in [0, 0.1) is 25.7 Å². The standard InChI is InChI=1S/C16H25N/c1-11(2)9-17-10-14-8-15(14)16-12(3)6-5-7-13(16)4/h5-7,11,14-15,17H,8-10H2,1-4H3. The van der Waals surface area contributed by atoms with Crippen molar-refractivity contribution in [2.75, 3.05) is 13.1 Å². The Bertz CT molecular complexity index is 361. The third kappa shape index (κ3) is 3.10. The summed E-state index contributed by atoms with van der Waals surface area (Å²) in [7, 11) is 0. The molecule has 0 amide bonds. The predicted molar refractivity (Wildman–Crippen MR) is 74.5 cm³/mol. The Hall–Kier alpha value is -0.820. The van der Waals surface area contributed by atoms with Crippen molar-refractivity contribution in [3.05, 3.63) is 34.9 Å². The second kappa shape index (κ2) is 5.22. The van der Waals surface area contributed by atoms with Crippen molar-refractivity contribution < 1.29 is 0 Å². The van der Waals surface area contributed by atoms with Crippen LogP contribution in [-0.4, -0.2) is 13.1 Å². The molecule has 2 atom stereocenters. The minimum atomic E-state index is 0.757. The van der Waals surface area contributed by atoms with Crippen LogP contribution in [0.15, 0.2) is 18.2 Å². The lowest BCUT2D eigenvalue weighted by Crippen LogP contribution is -2.22. The Kier molecular flexibility index (Phi) is 3.88. The van der Waals surface area contributed by atoms with Gasteiger partial charge in [0.15, 0.2) is 0 Å². The average molecular weight is 231 g/mol. The molecule has 2 rings (SSSR count). The van der Waals surface area contributed by atoms with Crippen molar-refractivity contribution in [2.24, 2.45) is 11.8 Å². The van der Waals surface area contributed by atoms with Crippen LogP contribution in [0.3, 0.4) is 0 Å². The van der Waals surface area contributed by atoms with E-state index in [-0.39, 0.29) is 0 Å². The fraction of sp³-hybridized carbons (Fsp3) is 0.625. The van der Waals surface area contributed by atoms with E-state index in [0.29, 0.717) is 0 Å². The third-order valence-electron chi connectivity index (χ3n) is 3.79. The molecule has 1 heteroatoms. The Morgan fingerprint density at radius 1 is 1.24 bits per heavy atom. The fourth-order valence-corrected chi connectivity index (χ4v) is 2.80. The van der Waals surface area contributed by atoms with E-state index in [1.807, 2.05) is 0 Å². The summed E-state index contributed by atoms with van der Waals surface area (Å²) >= 11 is 0. The smallest absolute Gasteiger partial charge is 0.00143 e. The van der Waals surface area contributed by atoms with Crippen LogP contribution in [0.2, 0.25) is 0 Å². The summed E-state index contributed by atoms with van der Waals surface area (Å²) in [4.78, 5) is 0. The van der Waals surface area contributed by atoms with Crippen LogP contribution in [0.5, 0.6) is 0 Å². The highest BCUT2D eigenvalue weighted by molar-refractivity contribution is 5.39. The fourth-order valence-electron chi connectivity index (χ4n) is 2.80. The van der Waals surface area contributed by atoms with Crippen molar-refractivity contribution in [1.29, 1.82) is 0 Å². The molecule has 0 bridgehead atoms. The van der Waals surface area contributed by atoms with Gasteiger partial charge in [0.2, 0.25) is 0 Å². The van der Waals surface area contributed by atoms with Crippen molar-refractivity contribution in [3.63, 3.8) is 0 Å². The van der Waals surface area contributed by atoms with Crippen LogP contribution >= 0.6 is 0 Å². The summed E-state index contributed by atoms with van der Waals surface area (Å²) in [5, 5.41) is 3.59. The molecular formula is C16H25N. The lowest BCUT2D eigenvalue weighted by Gasteiger charge is -2.10. The predicted octanol–water partition coefficient (Wildman–Crippen LogP) is 3.65. The maximum absolute atomic E-state index is 3.59. The molecule has 1 N–H and O–H groups in total. The summed E-state index contributed by atoms with van der Waals surface area (Å²) in [5.41, 5.74) is 4.56. The van der Waals surface area contributed by atoms with E-state index < -0.39 is 0 Å². The van der Waals surface area contributed by atoms with E-state index in [9.17, 15) is 0 Å². The Morgan fingerprint density at radius 3 is 2.47 bits per heavy atom. The first-order valence-corrected chi connectivity index (χ1v) is 6.86. The molecule has 0 spiro atoms. The summed E-state index contributed by atoms with van der Waals surface area (Å²) in [5.74, 6) is 2.44. The normalized spacial score (nSPS) is 23.1. The topological polar surface area (TPSA) is 12.0 Å². The van der Waals surface area contributed by atoms with Gasteiger partial charge in [-0.2, -0.15) is 0 Å². The molecule has 94 valence electrons. The zero-order valence-electron chi connectivity index (χ0n) is 11.6. The van der Waals surface area contributed by atoms with Gasteiger partial charge in [-0.1, -0.05) is 32.0 Å². The molecule has 0 heterocycles. The van der Waals surface area contributed by atoms with Gasteiger partial charge in [0.25, 0.3) is 0 Å². The lowest BCUT2D eigenvalue weighted by atomic mass is 9.98. The molecule has 17 heavy (non-hydrogen) atoms. The number of hydrogen-bond acceptors (Lipinski definition) is 1. The number of hydrogen-bond donors (Lipinski definition) is 1. The van der Waals surface area contributed by atoms with Crippen LogP contribution in [0.25, 0.3) is 0 Å². The number of aryl methyl sites for hydroxylation is 2. The largest absolute Gasteiger partial charge is 0.316 e. The maximum atomic E-state index is 3.59. The van der Waals surface area contributed by atoms with E-state index in [2.05, 4.69) is 51.2 Å². The molecule has 1 aromatic carbocycles. The molecule has 1 saturated carbocycles. The van der Waals surface area contributed by atoms with E-state index in [0.717, 1.165) is 24.3 Å². The lowest BCUT2D eigenvalue weighted by molar-refractivity contribution is 0.532. The van der Waals surface area contributed by atoms with Crippen LogP contribution < -0.4 is 5.32 Å². The van der Waals surface area contributed by atoms with E-state index in [1.165, 1.54) is 24.1 Å². The summed E-state index contributed by atoms with van der Waals surface area (Å²) in [6.45, 7) is 11.4. The van der Waals surface area contributed by atoms with Gasteiger partial charge >= 0.3 is 0 Å². The maximum Gasteiger partial charge on any atom is -0.00143 e. The molecule has 1 nitrogen and oxygen atoms in total. The molecule has 1 aliphatic rings. The SMILES string of the molecule is Cc1cccc(C)c1C1CC1CNCC(C)C. The van der Waals surface area contributed by atoms with Gasteiger partial charge < -0.3 is 5.32 Å². The van der Waals surface area contributed by atoms with Crippen LogP contribution in [0.4, 0.5) is 0 Å². The van der Waals surface area contributed by atoms with Crippen LogP contribution in [-0.2, 0) is 0 Å². The molecule has 0 aromatic heterocycles. The van der Waals surface area contributed by atoms with E-state index >= 15 is 0 Å². The number of rotatable bonds is 5. The van der Waals surface area contributed by atoms with E-state index in [4.69, 9.17) is 0 Å². The first-order chi connectivity index (χ1) is 8.09. The second-order valence-corrected chi connectivity index (χ2v) is 5.96. The Balaban J connectivity index is 1.90. The number of nitrogens with one attached hydrogen (secondary N) is 1. The first-order valence-electron chi connectivity index (χ1n) is 6.86. The minimum absolute atomic E-state index is 0.757. The second-order valence-electron chi connectivity index (χ2n) is 5.96. The molecule has 1 aliphatic carbocycles. The minimum Gasteiger partial charge on any atom is -0.316 e. The molecule has 1 aromatic rings. The monoisotopic (exact) mass is 231 g/mol. The highest BCUT2D eigenvalue weighted by Gasteiger charge is 2.39. The van der Waals surface area contributed by atoms with Crippen molar-refractivity contribution in [1.82, 2.24) is 5.32 Å². The van der Waals surface area contributed by atoms with Crippen molar-refractivity contribution in [2.45, 2.75) is 40.0 Å². The highest BCUT2D eigenvalue weighted by atomic mass is 14.9. The van der Waals surface area contributed by atoms with Crippen molar-refractivity contribution in [3.8, 4) is 0 Å². The van der Waals surface area contributed by atoms with Gasteiger partial charge in [0.1, 0.15) is 0 Å². The zero-order chi connectivity index (χ0) is 12.4. The summed E-state index contributed by atoms with van der Waals surface area (Å²) in [6, 6.07) is 6.67. The van der Waals surface area contributed by atoms with Crippen LogP contribution in [0.1, 0.15) is 42.9 Å². The zero-order valence-corrected chi connectivity index (χ0v) is 11.6. The molecule has 0 saturated heterocycles. The Morgan fingerprint density at radius 2 is 1.88 bits per heavy atom. The highest BCUT2D eigenvalue weighted by Crippen LogP contribution is 2.49. The van der Waals surface area contributed by atoms with Gasteiger partial charge in [-0.25, -0.2) is 0 Å². The van der Waals surface area contributed by atoms with Gasteiger partial charge in [-0.15, -0.1) is 0 Å². The average Bonchev–Trinajstić information content (AvgIpc) is 2.96. The Labute approximate surface area is 106 Å². The molecule has 0 aliphatic heterocycles.